The van der Waals surface area contributed by atoms with Crippen molar-refractivity contribution in [3.63, 3.8) is 0 Å². The van der Waals surface area contributed by atoms with Crippen molar-refractivity contribution >= 4 is 17.3 Å². The lowest BCUT2D eigenvalue weighted by molar-refractivity contribution is 0.275. The molecule has 1 atom stereocenters. The van der Waals surface area contributed by atoms with E-state index in [4.69, 9.17) is 26.4 Å². The van der Waals surface area contributed by atoms with E-state index in [-0.39, 0.29) is 6.04 Å². The van der Waals surface area contributed by atoms with E-state index in [1.807, 2.05) is 12.1 Å². The van der Waals surface area contributed by atoms with Crippen molar-refractivity contribution in [3.05, 3.63) is 41.7 Å². The van der Waals surface area contributed by atoms with E-state index in [0.717, 1.165) is 23.8 Å². The molecule has 1 aliphatic carbocycles. The van der Waals surface area contributed by atoms with Gasteiger partial charge in [0, 0.05) is 31.0 Å². The Bertz CT molecular complexity index is 867. The summed E-state index contributed by atoms with van der Waals surface area (Å²) in [5.74, 6) is 1.91. The molecule has 1 aliphatic heterocycles. The second-order valence-electron chi connectivity index (χ2n) is 7.97. The smallest absolute Gasteiger partial charge is 0.203 e. The number of hydrogen-bond donors (Lipinski definition) is 1. The molecule has 1 fully saturated rings. The molecule has 0 radical (unpaired) electrons. The Labute approximate surface area is 184 Å². The zero-order valence-electron chi connectivity index (χ0n) is 18.0. The molecule has 4 rings (SSSR count). The summed E-state index contributed by atoms with van der Waals surface area (Å²) in [6.07, 6.45) is 8.41. The van der Waals surface area contributed by atoms with Crippen molar-refractivity contribution in [1.29, 1.82) is 0 Å². The van der Waals surface area contributed by atoms with Gasteiger partial charge in [-0.3, -0.25) is 0 Å². The van der Waals surface area contributed by atoms with Crippen molar-refractivity contribution in [2.45, 2.75) is 50.7 Å². The standard InChI is InChI=1S/C23H31N3O3S/c1-27-19-14-16(15-20(28-2)22(19)29-3)21-18-10-7-11-25(18)12-13-26(21)23(30)24-17-8-5-4-6-9-17/h7,10-11,14-15,17,21H,4-6,8-9,12-13H2,1-3H3,(H,24,30). The van der Waals surface area contributed by atoms with E-state index in [9.17, 15) is 0 Å². The van der Waals surface area contributed by atoms with Gasteiger partial charge in [0.1, 0.15) is 0 Å². The maximum absolute atomic E-state index is 5.92. The third kappa shape index (κ3) is 3.95. The molecule has 1 aromatic heterocycles. The topological polar surface area (TPSA) is 47.9 Å². The highest BCUT2D eigenvalue weighted by Crippen LogP contribution is 2.43. The molecule has 0 saturated heterocycles. The monoisotopic (exact) mass is 429 g/mol. The normalized spacial score (nSPS) is 19.2. The minimum absolute atomic E-state index is 0.0222. The Hall–Kier alpha value is -2.41. The third-order valence-corrected chi connectivity index (χ3v) is 6.59. The van der Waals surface area contributed by atoms with Gasteiger partial charge in [0.15, 0.2) is 16.6 Å². The molecule has 1 saturated carbocycles. The molecule has 0 bridgehead atoms. The van der Waals surface area contributed by atoms with Crippen LogP contribution in [-0.2, 0) is 6.54 Å². The van der Waals surface area contributed by atoms with E-state index in [1.165, 1.54) is 37.8 Å². The van der Waals surface area contributed by atoms with Gasteiger partial charge in [0.05, 0.1) is 27.4 Å². The number of methoxy groups -OCH3 is 3. The number of hydrogen-bond acceptors (Lipinski definition) is 4. The molecule has 162 valence electrons. The second-order valence-corrected chi connectivity index (χ2v) is 8.35. The summed E-state index contributed by atoms with van der Waals surface area (Å²) in [4.78, 5) is 2.31. The number of fused-ring (bicyclic) bond motifs is 1. The van der Waals surface area contributed by atoms with Crippen molar-refractivity contribution in [1.82, 2.24) is 14.8 Å². The first-order chi connectivity index (χ1) is 14.7. The van der Waals surface area contributed by atoms with Crippen LogP contribution in [0.3, 0.4) is 0 Å². The van der Waals surface area contributed by atoms with E-state index in [0.29, 0.717) is 23.3 Å². The lowest BCUT2D eigenvalue weighted by Crippen LogP contribution is -2.50. The van der Waals surface area contributed by atoms with E-state index in [1.54, 1.807) is 21.3 Å². The fourth-order valence-corrected chi connectivity index (χ4v) is 5.08. The second kappa shape index (κ2) is 9.16. The van der Waals surface area contributed by atoms with Gasteiger partial charge in [-0.05, 0) is 54.9 Å². The fourth-order valence-electron chi connectivity index (χ4n) is 4.72. The van der Waals surface area contributed by atoms with Crippen molar-refractivity contribution < 1.29 is 14.2 Å². The van der Waals surface area contributed by atoms with Gasteiger partial charge in [-0.1, -0.05) is 19.3 Å². The average Bonchev–Trinajstić information content (AvgIpc) is 3.26. The van der Waals surface area contributed by atoms with Crippen LogP contribution in [-0.4, -0.2) is 48.5 Å². The highest BCUT2D eigenvalue weighted by atomic mass is 32.1. The number of rotatable bonds is 5. The first-order valence-electron chi connectivity index (χ1n) is 10.7. The number of thiocarbonyl (C=S) groups is 1. The van der Waals surface area contributed by atoms with Gasteiger partial charge < -0.3 is 29.0 Å². The van der Waals surface area contributed by atoms with Crippen molar-refractivity contribution in [2.75, 3.05) is 27.9 Å². The summed E-state index contributed by atoms with van der Waals surface area (Å²) < 4.78 is 19.1. The van der Waals surface area contributed by atoms with Gasteiger partial charge in [-0.2, -0.15) is 0 Å². The largest absolute Gasteiger partial charge is 0.493 e. The van der Waals surface area contributed by atoms with Crippen LogP contribution in [0.25, 0.3) is 0 Å². The molecule has 30 heavy (non-hydrogen) atoms. The molecular formula is C23H31N3O3S. The predicted octanol–water partition coefficient (Wildman–Crippen LogP) is 4.13. The lowest BCUT2D eigenvalue weighted by Gasteiger charge is -2.40. The number of benzene rings is 1. The Morgan fingerprint density at radius 3 is 2.33 bits per heavy atom. The highest BCUT2D eigenvalue weighted by Gasteiger charge is 2.33. The van der Waals surface area contributed by atoms with Gasteiger partial charge in [0.2, 0.25) is 5.75 Å². The molecule has 2 aliphatic rings. The van der Waals surface area contributed by atoms with Crippen molar-refractivity contribution in [2.24, 2.45) is 0 Å². The molecule has 1 unspecified atom stereocenters. The summed E-state index contributed by atoms with van der Waals surface area (Å²) in [6, 6.07) is 8.78. The maximum Gasteiger partial charge on any atom is 0.203 e. The minimum Gasteiger partial charge on any atom is -0.493 e. The third-order valence-electron chi connectivity index (χ3n) is 6.23. The average molecular weight is 430 g/mol. The number of ether oxygens (including phenoxy) is 3. The molecule has 7 heteroatoms. The van der Waals surface area contributed by atoms with Gasteiger partial charge in [0.25, 0.3) is 0 Å². The molecular weight excluding hydrogens is 398 g/mol. The summed E-state index contributed by atoms with van der Waals surface area (Å²) in [5.41, 5.74) is 2.28. The van der Waals surface area contributed by atoms with Crippen molar-refractivity contribution in [3.8, 4) is 17.2 Å². The van der Waals surface area contributed by atoms with Crippen LogP contribution < -0.4 is 19.5 Å². The molecule has 6 nitrogen and oxygen atoms in total. The first-order valence-corrected chi connectivity index (χ1v) is 11.1. The first kappa shape index (κ1) is 20.8. The zero-order chi connectivity index (χ0) is 21.1. The van der Waals surface area contributed by atoms with E-state index < -0.39 is 0 Å². The number of nitrogens with zero attached hydrogens (tertiary/aromatic N) is 2. The molecule has 1 N–H and O–H groups in total. The molecule has 0 spiro atoms. The Morgan fingerprint density at radius 2 is 1.70 bits per heavy atom. The molecule has 2 aromatic rings. The Kier molecular flexibility index (Phi) is 6.37. The maximum atomic E-state index is 5.92. The molecule has 2 heterocycles. The summed E-state index contributed by atoms with van der Waals surface area (Å²) >= 11 is 5.92. The van der Waals surface area contributed by atoms with Crippen LogP contribution in [0.15, 0.2) is 30.5 Å². The SMILES string of the molecule is COc1cc(C2c3cccn3CCN2C(=S)NC2CCCCC2)cc(OC)c1OC. The lowest BCUT2D eigenvalue weighted by atomic mass is 9.95. The van der Waals surface area contributed by atoms with Crippen LogP contribution >= 0.6 is 12.2 Å². The van der Waals surface area contributed by atoms with Crippen LogP contribution in [0.4, 0.5) is 0 Å². The Balaban J connectivity index is 1.71. The van der Waals surface area contributed by atoms with Crippen LogP contribution in [0.2, 0.25) is 0 Å². The zero-order valence-corrected chi connectivity index (χ0v) is 18.8. The number of aromatic nitrogens is 1. The summed E-state index contributed by atoms with van der Waals surface area (Å²) in [5, 5.41) is 4.48. The number of nitrogens with one attached hydrogen (secondary N) is 1. The highest BCUT2D eigenvalue weighted by molar-refractivity contribution is 7.80. The molecule has 1 aromatic carbocycles. The van der Waals surface area contributed by atoms with Gasteiger partial charge in [-0.25, -0.2) is 0 Å². The van der Waals surface area contributed by atoms with Crippen LogP contribution in [0, 0.1) is 0 Å². The quantitative estimate of drug-likeness (QED) is 0.722. The minimum atomic E-state index is -0.0222. The van der Waals surface area contributed by atoms with Crippen LogP contribution in [0.5, 0.6) is 17.2 Å². The van der Waals surface area contributed by atoms with Gasteiger partial charge >= 0.3 is 0 Å². The van der Waals surface area contributed by atoms with E-state index in [2.05, 4.69) is 33.1 Å². The van der Waals surface area contributed by atoms with E-state index >= 15 is 0 Å². The van der Waals surface area contributed by atoms with Gasteiger partial charge in [-0.15, -0.1) is 0 Å². The van der Waals surface area contributed by atoms with Crippen LogP contribution in [0.1, 0.15) is 49.4 Å². The predicted molar refractivity (Wildman–Crippen MR) is 122 cm³/mol. The molecule has 0 amide bonds. The fraction of sp³-hybridized carbons (Fsp3) is 0.522. The summed E-state index contributed by atoms with van der Waals surface area (Å²) in [7, 11) is 4.93. The Morgan fingerprint density at radius 1 is 1.00 bits per heavy atom. The summed E-state index contributed by atoms with van der Waals surface area (Å²) in [6.45, 7) is 1.76.